The highest BCUT2D eigenvalue weighted by molar-refractivity contribution is 6.09. The maximum atomic E-state index is 12.5. The molecule has 0 heterocycles. The SMILES string of the molecule is Cc1c(O)cccc1C(=O)N(C)c1ccccc1C(=O)O. The maximum Gasteiger partial charge on any atom is 0.337 e. The van der Waals surface area contributed by atoms with Crippen LogP contribution in [0.4, 0.5) is 5.69 Å². The van der Waals surface area contributed by atoms with Crippen molar-refractivity contribution >= 4 is 17.6 Å². The van der Waals surface area contributed by atoms with Gasteiger partial charge in [0.25, 0.3) is 5.91 Å². The number of hydrogen-bond acceptors (Lipinski definition) is 3. The summed E-state index contributed by atoms with van der Waals surface area (Å²) in [5, 5.41) is 18.9. The molecule has 0 spiro atoms. The predicted octanol–water partition coefficient (Wildman–Crippen LogP) is 2.68. The van der Waals surface area contributed by atoms with Gasteiger partial charge in [0.05, 0.1) is 11.3 Å². The van der Waals surface area contributed by atoms with Gasteiger partial charge in [-0.2, -0.15) is 0 Å². The fourth-order valence-corrected chi connectivity index (χ4v) is 2.09. The fourth-order valence-electron chi connectivity index (χ4n) is 2.09. The van der Waals surface area contributed by atoms with E-state index in [1.54, 1.807) is 37.3 Å². The van der Waals surface area contributed by atoms with Gasteiger partial charge in [-0.15, -0.1) is 0 Å². The number of phenols is 1. The van der Waals surface area contributed by atoms with Gasteiger partial charge >= 0.3 is 5.97 Å². The summed E-state index contributed by atoms with van der Waals surface area (Å²) in [7, 11) is 1.51. The van der Waals surface area contributed by atoms with Crippen molar-refractivity contribution in [1.29, 1.82) is 0 Å². The van der Waals surface area contributed by atoms with E-state index >= 15 is 0 Å². The van der Waals surface area contributed by atoms with Gasteiger partial charge in [0, 0.05) is 18.2 Å². The number of amides is 1. The number of carboxylic acids is 1. The maximum absolute atomic E-state index is 12.5. The van der Waals surface area contributed by atoms with Crippen LogP contribution in [0.5, 0.6) is 5.75 Å². The van der Waals surface area contributed by atoms with E-state index in [2.05, 4.69) is 0 Å². The Bertz CT molecular complexity index is 709. The Kier molecular flexibility index (Phi) is 3.93. The molecule has 0 aromatic heterocycles. The average molecular weight is 285 g/mol. The van der Waals surface area contributed by atoms with Crippen molar-refractivity contribution in [1.82, 2.24) is 0 Å². The lowest BCUT2D eigenvalue weighted by atomic mass is 10.1. The van der Waals surface area contributed by atoms with Crippen LogP contribution in [0.2, 0.25) is 0 Å². The molecular weight excluding hydrogens is 270 g/mol. The van der Waals surface area contributed by atoms with Gasteiger partial charge in [0.15, 0.2) is 0 Å². The number of hydrogen-bond donors (Lipinski definition) is 2. The molecule has 21 heavy (non-hydrogen) atoms. The zero-order chi connectivity index (χ0) is 15.6. The lowest BCUT2D eigenvalue weighted by molar-refractivity contribution is 0.0697. The Morgan fingerprint density at radius 3 is 2.29 bits per heavy atom. The molecule has 1 amide bonds. The first-order valence-electron chi connectivity index (χ1n) is 6.32. The molecule has 0 aliphatic carbocycles. The monoisotopic (exact) mass is 285 g/mol. The summed E-state index contributed by atoms with van der Waals surface area (Å²) in [5.41, 5.74) is 1.14. The molecule has 0 unspecified atom stereocenters. The zero-order valence-corrected chi connectivity index (χ0v) is 11.7. The minimum atomic E-state index is -1.10. The summed E-state index contributed by atoms with van der Waals surface area (Å²) in [6, 6.07) is 10.9. The average Bonchev–Trinajstić information content (AvgIpc) is 2.48. The number of aromatic carboxylic acids is 1. The van der Waals surface area contributed by atoms with Crippen molar-refractivity contribution in [3.63, 3.8) is 0 Å². The Morgan fingerprint density at radius 1 is 1.00 bits per heavy atom. The third-order valence-electron chi connectivity index (χ3n) is 3.34. The molecule has 108 valence electrons. The van der Waals surface area contributed by atoms with E-state index in [4.69, 9.17) is 0 Å². The van der Waals surface area contributed by atoms with E-state index < -0.39 is 5.97 Å². The van der Waals surface area contributed by atoms with Gasteiger partial charge < -0.3 is 15.1 Å². The summed E-state index contributed by atoms with van der Waals surface area (Å²) in [6.45, 7) is 1.64. The number of para-hydroxylation sites is 1. The van der Waals surface area contributed by atoms with E-state index in [9.17, 15) is 19.8 Å². The Labute approximate surface area is 122 Å². The number of anilines is 1. The number of rotatable bonds is 3. The standard InChI is InChI=1S/C16H15NO4/c1-10-11(7-5-9-14(10)18)15(19)17(2)13-8-4-3-6-12(13)16(20)21/h3-9,18H,1-2H3,(H,20,21). The van der Waals surface area contributed by atoms with E-state index in [0.29, 0.717) is 16.8 Å². The molecule has 2 aromatic carbocycles. The van der Waals surface area contributed by atoms with Crippen LogP contribution in [0.1, 0.15) is 26.3 Å². The normalized spacial score (nSPS) is 10.2. The van der Waals surface area contributed by atoms with Crippen molar-refractivity contribution in [3.05, 3.63) is 59.2 Å². The van der Waals surface area contributed by atoms with E-state index in [1.165, 1.54) is 24.1 Å². The van der Waals surface area contributed by atoms with Gasteiger partial charge in [0.2, 0.25) is 0 Å². The largest absolute Gasteiger partial charge is 0.508 e. The molecule has 0 radical (unpaired) electrons. The Balaban J connectivity index is 2.45. The molecule has 0 saturated carbocycles. The fraction of sp³-hybridized carbons (Fsp3) is 0.125. The van der Waals surface area contributed by atoms with Crippen LogP contribution in [0.15, 0.2) is 42.5 Å². The van der Waals surface area contributed by atoms with Crippen LogP contribution >= 0.6 is 0 Å². The molecule has 0 saturated heterocycles. The quantitative estimate of drug-likeness (QED) is 0.908. The molecule has 0 aliphatic heterocycles. The highest BCUT2D eigenvalue weighted by atomic mass is 16.4. The topological polar surface area (TPSA) is 77.8 Å². The summed E-state index contributed by atoms with van der Waals surface area (Å²) < 4.78 is 0. The number of carbonyl (C=O) groups is 2. The van der Waals surface area contributed by atoms with Crippen LogP contribution in [0.3, 0.4) is 0 Å². The second-order valence-corrected chi connectivity index (χ2v) is 4.64. The first kappa shape index (κ1) is 14.6. The van der Waals surface area contributed by atoms with Crippen LogP contribution in [-0.2, 0) is 0 Å². The third-order valence-corrected chi connectivity index (χ3v) is 3.34. The number of phenolic OH excluding ortho intramolecular Hbond substituents is 1. The molecule has 5 nitrogen and oxygen atoms in total. The molecule has 0 aliphatic rings. The summed E-state index contributed by atoms with van der Waals surface area (Å²) in [4.78, 5) is 25.0. The van der Waals surface area contributed by atoms with E-state index in [0.717, 1.165) is 0 Å². The number of carboxylic acid groups (broad SMARTS) is 1. The molecule has 0 fully saturated rings. The second-order valence-electron chi connectivity index (χ2n) is 4.64. The lowest BCUT2D eigenvalue weighted by Crippen LogP contribution is -2.28. The number of benzene rings is 2. The third kappa shape index (κ3) is 2.72. The molecule has 5 heteroatoms. The van der Waals surface area contributed by atoms with Crippen molar-refractivity contribution in [3.8, 4) is 5.75 Å². The number of aromatic hydroxyl groups is 1. The molecule has 2 aromatic rings. The van der Waals surface area contributed by atoms with Crippen molar-refractivity contribution in [2.75, 3.05) is 11.9 Å². The van der Waals surface area contributed by atoms with Gasteiger partial charge in [-0.25, -0.2) is 4.79 Å². The minimum Gasteiger partial charge on any atom is -0.508 e. The zero-order valence-electron chi connectivity index (χ0n) is 11.7. The van der Waals surface area contributed by atoms with E-state index in [-0.39, 0.29) is 17.2 Å². The molecule has 0 bridgehead atoms. The smallest absolute Gasteiger partial charge is 0.337 e. The van der Waals surface area contributed by atoms with Gasteiger partial charge in [-0.05, 0) is 31.2 Å². The van der Waals surface area contributed by atoms with Crippen molar-refractivity contribution in [2.45, 2.75) is 6.92 Å². The van der Waals surface area contributed by atoms with Crippen LogP contribution in [0, 0.1) is 6.92 Å². The van der Waals surface area contributed by atoms with Crippen LogP contribution in [0.25, 0.3) is 0 Å². The predicted molar refractivity (Wildman–Crippen MR) is 79.0 cm³/mol. The van der Waals surface area contributed by atoms with Crippen LogP contribution in [-0.4, -0.2) is 29.1 Å². The lowest BCUT2D eigenvalue weighted by Gasteiger charge is -2.20. The Morgan fingerprint density at radius 2 is 1.62 bits per heavy atom. The van der Waals surface area contributed by atoms with Crippen LogP contribution < -0.4 is 4.90 Å². The second kappa shape index (κ2) is 5.66. The van der Waals surface area contributed by atoms with Gasteiger partial charge in [-0.3, -0.25) is 4.79 Å². The van der Waals surface area contributed by atoms with Crippen molar-refractivity contribution in [2.24, 2.45) is 0 Å². The molecule has 2 rings (SSSR count). The van der Waals surface area contributed by atoms with Gasteiger partial charge in [0.1, 0.15) is 5.75 Å². The number of carbonyl (C=O) groups excluding carboxylic acids is 1. The first-order valence-corrected chi connectivity index (χ1v) is 6.32. The first-order chi connectivity index (χ1) is 9.93. The minimum absolute atomic E-state index is 0.0285. The van der Waals surface area contributed by atoms with E-state index in [1.807, 2.05) is 0 Å². The highest BCUT2D eigenvalue weighted by Crippen LogP contribution is 2.25. The molecule has 2 N–H and O–H groups in total. The molecule has 0 atom stereocenters. The molecular formula is C16H15NO4. The summed E-state index contributed by atoms with van der Waals surface area (Å²) >= 11 is 0. The Hall–Kier alpha value is -2.82. The number of nitrogens with zero attached hydrogens (tertiary/aromatic N) is 1. The van der Waals surface area contributed by atoms with Crippen molar-refractivity contribution < 1.29 is 19.8 Å². The highest BCUT2D eigenvalue weighted by Gasteiger charge is 2.21. The van der Waals surface area contributed by atoms with Gasteiger partial charge in [-0.1, -0.05) is 18.2 Å². The summed E-state index contributed by atoms with van der Waals surface area (Å²) in [6.07, 6.45) is 0. The summed E-state index contributed by atoms with van der Waals surface area (Å²) in [5.74, 6) is -1.45.